The van der Waals surface area contributed by atoms with Gasteiger partial charge in [-0.1, -0.05) is 0 Å². The van der Waals surface area contributed by atoms with Gasteiger partial charge >= 0.3 is 0 Å². The molecule has 1 rings (SSSR count). The summed E-state index contributed by atoms with van der Waals surface area (Å²) in [6.45, 7) is 5.24. The minimum Gasteiger partial charge on any atom is -0.395 e. The lowest BCUT2D eigenvalue weighted by atomic mass is 9.89. The SMILES string of the molecule is CC(C)N(CCO)C(=O)C1(N)CCOCC1. The van der Waals surface area contributed by atoms with Gasteiger partial charge in [-0.2, -0.15) is 0 Å². The fourth-order valence-corrected chi connectivity index (χ4v) is 1.94. The fraction of sp³-hybridized carbons (Fsp3) is 0.909. The zero-order valence-corrected chi connectivity index (χ0v) is 10.1. The Hall–Kier alpha value is -0.650. The molecule has 1 aliphatic rings. The van der Waals surface area contributed by atoms with E-state index in [4.69, 9.17) is 15.6 Å². The van der Waals surface area contributed by atoms with Crippen molar-refractivity contribution < 1.29 is 14.6 Å². The van der Waals surface area contributed by atoms with Crippen LogP contribution < -0.4 is 5.73 Å². The average Bonchev–Trinajstić information content (AvgIpc) is 2.25. The Kier molecular flexibility index (Phi) is 4.70. The highest BCUT2D eigenvalue weighted by molar-refractivity contribution is 5.86. The first-order valence-electron chi connectivity index (χ1n) is 5.80. The maximum atomic E-state index is 12.3. The summed E-state index contributed by atoms with van der Waals surface area (Å²) in [6.07, 6.45) is 1.11. The molecule has 0 atom stereocenters. The first-order valence-corrected chi connectivity index (χ1v) is 5.80. The lowest BCUT2D eigenvalue weighted by molar-refractivity contribution is -0.142. The third-order valence-corrected chi connectivity index (χ3v) is 3.04. The summed E-state index contributed by atoms with van der Waals surface area (Å²) >= 11 is 0. The molecule has 0 aromatic carbocycles. The minimum atomic E-state index is -0.808. The normalized spacial score (nSPS) is 19.8. The van der Waals surface area contributed by atoms with Gasteiger partial charge in [-0.15, -0.1) is 0 Å². The van der Waals surface area contributed by atoms with Gasteiger partial charge in [-0.3, -0.25) is 4.79 Å². The topological polar surface area (TPSA) is 75.8 Å². The molecule has 1 aliphatic heterocycles. The van der Waals surface area contributed by atoms with Crippen molar-refractivity contribution >= 4 is 5.91 Å². The maximum absolute atomic E-state index is 12.3. The molecule has 1 saturated heterocycles. The van der Waals surface area contributed by atoms with Crippen molar-refractivity contribution in [3.8, 4) is 0 Å². The van der Waals surface area contributed by atoms with Crippen molar-refractivity contribution in [2.75, 3.05) is 26.4 Å². The molecule has 1 amide bonds. The number of nitrogens with zero attached hydrogens (tertiary/aromatic N) is 1. The predicted molar refractivity (Wildman–Crippen MR) is 60.9 cm³/mol. The highest BCUT2D eigenvalue weighted by atomic mass is 16.5. The largest absolute Gasteiger partial charge is 0.395 e. The molecule has 0 aliphatic carbocycles. The molecular weight excluding hydrogens is 208 g/mol. The monoisotopic (exact) mass is 230 g/mol. The maximum Gasteiger partial charge on any atom is 0.243 e. The van der Waals surface area contributed by atoms with Crippen LogP contribution in [0.4, 0.5) is 0 Å². The first kappa shape index (κ1) is 13.4. The Labute approximate surface area is 96.6 Å². The molecule has 0 aromatic rings. The van der Waals surface area contributed by atoms with Crippen LogP contribution in [0.15, 0.2) is 0 Å². The molecule has 16 heavy (non-hydrogen) atoms. The van der Waals surface area contributed by atoms with Crippen LogP contribution in [0.3, 0.4) is 0 Å². The van der Waals surface area contributed by atoms with Gasteiger partial charge in [0, 0.05) is 25.8 Å². The van der Waals surface area contributed by atoms with Crippen LogP contribution in [0.1, 0.15) is 26.7 Å². The Morgan fingerprint density at radius 2 is 2.06 bits per heavy atom. The van der Waals surface area contributed by atoms with E-state index in [1.807, 2.05) is 13.8 Å². The lowest BCUT2D eigenvalue weighted by Crippen LogP contribution is -2.59. The average molecular weight is 230 g/mol. The smallest absolute Gasteiger partial charge is 0.243 e. The van der Waals surface area contributed by atoms with E-state index in [0.29, 0.717) is 32.6 Å². The first-order chi connectivity index (χ1) is 7.51. The van der Waals surface area contributed by atoms with E-state index in [0.717, 1.165) is 0 Å². The van der Waals surface area contributed by atoms with Gasteiger partial charge in [-0.25, -0.2) is 0 Å². The molecule has 94 valence electrons. The lowest BCUT2D eigenvalue weighted by Gasteiger charge is -2.38. The fourth-order valence-electron chi connectivity index (χ4n) is 1.94. The van der Waals surface area contributed by atoms with E-state index in [9.17, 15) is 4.79 Å². The van der Waals surface area contributed by atoms with E-state index in [1.54, 1.807) is 4.90 Å². The number of nitrogens with two attached hydrogens (primary N) is 1. The van der Waals surface area contributed by atoms with Crippen molar-refractivity contribution in [1.29, 1.82) is 0 Å². The van der Waals surface area contributed by atoms with Crippen molar-refractivity contribution in [1.82, 2.24) is 4.90 Å². The Balaban J connectivity index is 2.72. The third kappa shape index (κ3) is 2.93. The van der Waals surface area contributed by atoms with Gasteiger partial charge in [0.2, 0.25) is 5.91 Å². The van der Waals surface area contributed by atoms with Gasteiger partial charge in [0.25, 0.3) is 0 Å². The van der Waals surface area contributed by atoms with Crippen LogP contribution in [0.25, 0.3) is 0 Å². The van der Waals surface area contributed by atoms with Crippen LogP contribution in [0, 0.1) is 0 Å². The zero-order valence-electron chi connectivity index (χ0n) is 10.1. The van der Waals surface area contributed by atoms with E-state index >= 15 is 0 Å². The zero-order chi connectivity index (χ0) is 12.2. The number of ether oxygens (including phenoxy) is 1. The predicted octanol–water partition coefficient (Wildman–Crippen LogP) is -0.276. The quantitative estimate of drug-likeness (QED) is 0.696. The second-order valence-electron chi connectivity index (χ2n) is 4.58. The van der Waals surface area contributed by atoms with Crippen LogP contribution >= 0.6 is 0 Å². The summed E-state index contributed by atoms with van der Waals surface area (Å²) in [6, 6.07) is 0.0583. The van der Waals surface area contributed by atoms with Crippen molar-refractivity contribution in [3.05, 3.63) is 0 Å². The van der Waals surface area contributed by atoms with E-state index in [1.165, 1.54) is 0 Å². The molecule has 3 N–H and O–H groups in total. The van der Waals surface area contributed by atoms with Gasteiger partial charge in [0.1, 0.15) is 0 Å². The number of aliphatic hydroxyl groups excluding tert-OH is 1. The summed E-state index contributed by atoms with van der Waals surface area (Å²) in [5, 5.41) is 8.96. The molecule has 0 radical (unpaired) electrons. The molecule has 5 heteroatoms. The van der Waals surface area contributed by atoms with Gasteiger partial charge in [-0.05, 0) is 26.7 Å². The summed E-state index contributed by atoms with van der Waals surface area (Å²) in [5.41, 5.74) is 5.31. The van der Waals surface area contributed by atoms with Crippen molar-refractivity contribution in [3.63, 3.8) is 0 Å². The molecule has 1 fully saturated rings. The van der Waals surface area contributed by atoms with E-state index < -0.39 is 5.54 Å². The molecular formula is C11H22N2O3. The number of amides is 1. The molecule has 0 unspecified atom stereocenters. The van der Waals surface area contributed by atoms with Gasteiger partial charge in [0.15, 0.2) is 0 Å². The summed E-state index contributed by atoms with van der Waals surface area (Å²) < 4.78 is 5.22. The molecule has 5 nitrogen and oxygen atoms in total. The number of aliphatic hydroxyl groups is 1. The highest BCUT2D eigenvalue weighted by Crippen LogP contribution is 2.21. The molecule has 0 spiro atoms. The summed E-state index contributed by atoms with van der Waals surface area (Å²) in [4.78, 5) is 13.9. The van der Waals surface area contributed by atoms with Crippen LogP contribution in [-0.2, 0) is 9.53 Å². The van der Waals surface area contributed by atoms with Crippen LogP contribution in [-0.4, -0.2) is 53.9 Å². The number of carbonyl (C=O) groups is 1. The Morgan fingerprint density at radius 1 is 1.50 bits per heavy atom. The number of carbonyl (C=O) groups excluding carboxylic acids is 1. The second-order valence-corrected chi connectivity index (χ2v) is 4.58. The number of hydrogen-bond acceptors (Lipinski definition) is 4. The second kappa shape index (κ2) is 5.61. The summed E-state index contributed by atoms with van der Waals surface area (Å²) in [7, 11) is 0. The van der Waals surface area contributed by atoms with Crippen LogP contribution in [0.2, 0.25) is 0 Å². The number of hydrogen-bond donors (Lipinski definition) is 2. The molecule has 0 aromatic heterocycles. The standard InChI is InChI=1S/C11H22N2O3/c1-9(2)13(5-6-14)10(15)11(12)3-7-16-8-4-11/h9,14H,3-8,12H2,1-2H3. The molecule has 0 saturated carbocycles. The summed E-state index contributed by atoms with van der Waals surface area (Å²) in [5.74, 6) is -0.0696. The minimum absolute atomic E-state index is 0.0312. The van der Waals surface area contributed by atoms with Crippen molar-refractivity contribution in [2.24, 2.45) is 5.73 Å². The highest BCUT2D eigenvalue weighted by Gasteiger charge is 2.39. The Morgan fingerprint density at radius 3 is 2.50 bits per heavy atom. The van der Waals surface area contributed by atoms with Crippen molar-refractivity contribution in [2.45, 2.75) is 38.3 Å². The third-order valence-electron chi connectivity index (χ3n) is 3.04. The number of rotatable bonds is 4. The van der Waals surface area contributed by atoms with Crippen LogP contribution in [0.5, 0.6) is 0 Å². The molecule has 0 bridgehead atoms. The van der Waals surface area contributed by atoms with Gasteiger partial charge in [0.05, 0.1) is 12.1 Å². The van der Waals surface area contributed by atoms with E-state index in [-0.39, 0.29) is 18.6 Å². The Bertz CT molecular complexity index is 237. The molecule has 1 heterocycles. The van der Waals surface area contributed by atoms with Gasteiger partial charge < -0.3 is 20.5 Å². The van der Waals surface area contributed by atoms with E-state index in [2.05, 4.69) is 0 Å².